The second-order valence-electron chi connectivity index (χ2n) is 4.57. The zero-order valence-electron chi connectivity index (χ0n) is 11.7. The van der Waals surface area contributed by atoms with Crippen LogP contribution in [0.3, 0.4) is 0 Å². The fourth-order valence-corrected chi connectivity index (χ4v) is 2.16. The van der Waals surface area contributed by atoms with E-state index in [-0.39, 0.29) is 5.57 Å². The topological polar surface area (TPSA) is 74.6 Å². The third kappa shape index (κ3) is 3.12. The van der Waals surface area contributed by atoms with Crippen LogP contribution in [0.5, 0.6) is 0 Å². The highest BCUT2D eigenvalue weighted by molar-refractivity contribution is 6.25. The molecule has 4 heteroatoms. The summed E-state index contributed by atoms with van der Waals surface area (Å²) in [7, 11) is 0. The van der Waals surface area contributed by atoms with Gasteiger partial charge in [-0.25, -0.2) is 9.59 Å². The molecule has 0 unspecified atom stereocenters. The molecule has 0 heterocycles. The Labute approximate surface area is 127 Å². The SMILES string of the molecule is C=C(C(=C(C(=O)O)C(=O)O)c1ccccc1)c1ccccc1. The molecule has 4 nitrogen and oxygen atoms in total. The highest BCUT2D eigenvalue weighted by Crippen LogP contribution is 2.32. The molecule has 0 radical (unpaired) electrons. The molecule has 0 bridgehead atoms. The lowest BCUT2D eigenvalue weighted by Crippen LogP contribution is -2.14. The van der Waals surface area contributed by atoms with Gasteiger partial charge < -0.3 is 10.2 Å². The highest BCUT2D eigenvalue weighted by Gasteiger charge is 2.25. The van der Waals surface area contributed by atoms with Gasteiger partial charge >= 0.3 is 11.9 Å². The Morgan fingerprint density at radius 1 is 0.727 bits per heavy atom. The first-order valence-electron chi connectivity index (χ1n) is 6.53. The summed E-state index contributed by atoms with van der Waals surface area (Å²) in [6, 6.07) is 17.4. The monoisotopic (exact) mass is 294 g/mol. The van der Waals surface area contributed by atoms with Crippen molar-refractivity contribution in [2.75, 3.05) is 0 Å². The number of hydrogen-bond donors (Lipinski definition) is 2. The van der Waals surface area contributed by atoms with Crippen molar-refractivity contribution in [3.05, 3.63) is 83.9 Å². The van der Waals surface area contributed by atoms with E-state index in [2.05, 4.69) is 6.58 Å². The van der Waals surface area contributed by atoms with Crippen LogP contribution in [0.15, 0.2) is 72.8 Å². The van der Waals surface area contributed by atoms with E-state index in [9.17, 15) is 19.8 Å². The summed E-state index contributed by atoms with van der Waals surface area (Å²) in [5.41, 5.74) is 0.927. The molecule has 0 spiro atoms. The lowest BCUT2D eigenvalue weighted by Gasteiger charge is -2.14. The van der Waals surface area contributed by atoms with Crippen LogP contribution in [0.1, 0.15) is 11.1 Å². The van der Waals surface area contributed by atoms with Gasteiger partial charge in [-0.1, -0.05) is 67.2 Å². The van der Waals surface area contributed by atoms with Crippen molar-refractivity contribution in [1.29, 1.82) is 0 Å². The van der Waals surface area contributed by atoms with Gasteiger partial charge in [0.05, 0.1) is 0 Å². The number of carboxylic acid groups (broad SMARTS) is 2. The molecular weight excluding hydrogens is 280 g/mol. The lowest BCUT2D eigenvalue weighted by molar-refractivity contribution is -0.140. The summed E-state index contributed by atoms with van der Waals surface area (Å²) in [6.45, 7) is 3.90. The Balaban J connectivity index is 2.72. The van der Waals surface area contributed by atoms with E-state index in [1.54, 1.807) is 54.6 Å². The van der Waals surface area contributed by atoms with Crippen molar-refractivity contribution >= 4 is 23.1 Å². The maximum atomic E-state index is 11.4. The average molecular weight is 294 g/mol. The van der Waals surface area contributed by atoms with Crippen LogP contribution < -0.4 is 0 Å². The molecule has 110 valence electrons. The number of allylic oxidation sites excluding steroid dienone is 2. The summed E-state index contributed by atoms with van der Waals surface area (Å²) in [4.78, 5) is 22.8. The highest BCUT2D eigenvalue weighted by atomic mass is 16.4. The van der Waals surface area contributed by atoms with Crippen LogP contribution >= 0.6 is 0 Å². The summed E-state index contributed by atoms with van der Waals surface area (Å²) in [5, 5.41) is 18.6. The van der Waals surface area contributed by atoms with Gasteiger partial charge in [0.25, 0.3) is 0 Å². The Bertz CT molecular complexity index is 727. The third-order valence-corrected chi connectivity index (χ3v) is 3.16. The Kier molecular flexibility index (Phi) is 4.53. The predicted molar refractivity (Wildman–Crippen MR) is 84.1 cm³/mol. The van der Waals surface area contributed by atoms with Gasteiger partial charge in [0.15, 0.2) is 5.57 Å². The van der Waals surface area contributed by atoms with E-state index < -0.39 is 17.5 Å². The molecule has 0 saturated carbocycles. The standard InChI is InChI=1S/C18H14O4/c1-12(13-8-4-2-5-9-13)15(14-10-6-3-7-11-14)16(17(19)20)18(21)22/h2-11H,1H2,(H,19,20)(H,21,22). The third-order valence-electron chi connectivity index (χ3n) is 3.16. The van der Waals surface area contributed by atoms with E-state index in [4.69, 9.17) is 0 Å². The van der Waals surface area contributed by atoms with Crippen LogP contribution in [-0.2, 0) is 9.59 Å². The molecule has 0 aliphatic rings. The minimum absolute atomic E-state index is 0.104. The smallest absolute Gasteiger partial charge is 0.343 e. The Morgan fingerprint density at radius 3 is 1.55 bits per heavy atom. The quantitative estimate of drug-likeness (QED) is 0.384. The summed E-state index contributed by atoms with van der Waals surface area (Å²) in [6.07, 6.45) is 0. The minimum Gasteiger partial charge on any atom is -0.477 e. The molecule has 0 saturated heterocycles. The molecule has 0 amide bonds. The Morgan fingerprint density at radius 2 is 1.14 bits per heavy atom. The molecule has 2 aromatic carbocycles. The van der Waals surface area contributed by atoms with Gasteiger partial charge in [-0.3, -0.25) is 0 Å². The largest absolute Gasteiger partial charge is 0.477 e. The molecule has 2 aromatic rings. The van der Waals surface area contributed by atoms with Crippen molar-refractivity contribution in [1.82, 2.24) is 0 Å². The van der Waals surface area contributed by atoms with Gasteiger partial charge in [0, 0.05) is 5.57 Å². The summed E-state index contributed by atoms with van der Waals surface area (Å²) < 4.78 is 0. The summed E-state index contributed by atoms with van der Waals surface area (Å²) >= 11 is 0. The molecular formula is C18H14O4. The van der Waals surface area contributed by atoms with Crippen molar-refractivity contribution in [3.63, 3.8) is 0 Å². The fraction of sp³-hybridized carbons (Fsp3) is 0. The van der Waals surface area contributed by atoms with Crippen LogP contribution in [0, 0.1) is 0 Å². The molecule has 0 aliphatic carbocycles. The van der Waals surface area contributed by atoms with Gasteiger partial charge in [0.2, 0.25) is 0 Å². The van der Waals surface area contributed by atoms with Gasteiger partial charge in [-0.05, 0) is 16.7 Å². The Hall–Kier alpha value is -3.14. The normalized spacial score (nSPS) is 9.82. The molecule has 0 aromatic heterocycles. The number of carboxylic acids is 2. The van der Waals surface area contributed by atoms with E-state index in [0.717, 1.165) is 0 Å². The molecule has 0 atom stereocenters. The second-order valence-corrected chi connectivity index (χ2v) is 4.57. The maximum absolute atomic E-state index is 11.4. The van der Waals surface area contributed by atoms with Crippen molar-refractivity contribution in [2.24, 2.45) is 0 Å². The van der Waals surface area contributed by atoms with E-state index >= 15 is 0 Å². The molecule has 0 aliphatic heterocycles. The lowest BCUT2D eigenvalue weighted by atomic mass is 9.89. The van der Waals surface area contributed by atoms with Crippen LogP contribution in [-0.4, -0.2) is 22.2 Å². The number of rotatable bonds is 5. The van der Waals surface area contributed by atoms with Crippen LogP contribution in [0.4, 0.5) is 0 Å². The van der Waals surface area contributed by atoms with Gasteiger partial charge in [0.1, 0.15) is 0 Å². The van der Waals surface area contributed by atoms with E-state index in [1.165, 1.54) is 0 Å². The first-order chi connectivity index (χ1) is 10.5. The minimum atomic E-state index is -1.50. The second kappa shape index (κ2) is 6.54. The van der Waals surface area contributed by atoms with Crippen LogP contribution in [0.2, 0.25) is 0 Å². The number of benzene rings is 2. The first kappa shape index (κ1) is 15.3. The molecule has 2 N–H and O–H groups in total. The number of carbonyl (C=O) groups is 2. The number of hydrogen-bond acceptors (Lipinski definition) is 2. The molecule has 2 rings (SSSR count). The van der Waals surface area contributed by atoms with E-state index in [0.29, 0.717) is 16.7 Å². The van der Waals surface area contributed by atoms with Gasteiger partial charge in [-0.15, -0.1) is 0 Å². The zero-order valence-corrected chi connectivity index (χ0v) is 11.7. The average Bonchev–Trinajstić information content (AvgIpc) is 2.52. The summed E-state index contributed by atoms with van der Waals surface area (Å²) in [5.74, 6) is -2.99. The van der Waals surface area contributed by atoms with Crippen molar-refractivity contribution in [3.8, 4) is 0 Å². The maximum Gasteiger partial charge on any atom is 0.343 e. The molecule has 0 fully saturated rings. The van der Waals surface area contributed by atoms with Gasteiger partial charge in [-0.2, -0.15) is 0 Å². The van der Waals surface area contributed by atoms with Crippen molar-refractivity contribution in [2.45, 2.75) is 0 Å². The zero-order chi connectivity index (χ0) is 16.1. The van der Waals surface area contributed by atoms with Crippen LogP contribution in [0.25, 0.3) is 11.1 Å². The first-order valence-corrected chi connectivity index (χ1v) is 6.53. The predicted octanol–water partition coefficient (Wildman–Crippen LogP) is 3.32. The molecule has 22 heavy (non-hydrogen) atoms. The van der Waals surface area contributed by atoms with E-state index in [1.807, 2.05) is 6.07 Å². The fourth-order valence-electron chi connectivity index (χ4n) is 2.16. The number of aliphatic carboxylic acids is 2. The van der Waals surface area contributed by atoms with Crippen molar-refractivity contribution < 1.29 is 19.8 Å².